The maximum atomic E-state index is 12.2. The summed E-state index contributed by atoms with van der Waals surface area (Å²) in [6.07, 6.45) is 1.66. The molecule has 1 aliphatic rings. The molecule has 1 aliphatic heterocycles. The van der Waals surface area contributed by atoms with Crippen LogP contribution in [0.3, 0.4) is 0 Å². The zero-order valence-corrected chi connectivity index (χ0v) is 11.6. The predicted octanol–water partition coefficient (Wildman–Crippen LogP) is 0.391. The fourth-order valence-electron chi connectivity index (χ4n) is 2.68. The molecular weight excluding hydrogens is 264 g/mol. The van der Waals surface area contributed by atoms with E-state index in [9.17, 15) is 20.0 Å². The second-order valence-electron chi connectivity index (χ2n) is 5.00. The summed E-state index contributed by atoms with van der Waals surface area (Å²) < 4.78 is 1.36. The summed E-state index contributed by atoms with van der Waals surface area (Å²) in [6.45, 7) is 3.67. The average molecular weight is 282 g/mol. The van der Waals surface area contributed by atoms with E-state index in [4.69, 9.17) is 0 Å². The van der Waals surface area contributed by atoms with E-state index in [0.29, 0.717) is 17.9 Å². The van der Waals surface area contributed by atoms with Crippen LogP contribution in [0.2, 0.25) is 0 Å². The zero-order chi connectivity index (χ0) is 14.9. The van der Waals surface area contributed by atoms with E-state index in [1.54, 1.807) is 18.7 Å². The van der Waals surface area contributed by atoms with Gasteiger partial charge in [-0.25, -0.2) is 0 Å². The standard InChI is InChI=1S/C12H18N4O4/c1-8-12(16(19)20)9(2)15(13-8)6-11(18)14-5-3-4-10(14)7-17/h10,17H,3-7H2,1-2H3. The highest BCUT2D eigenvalue weighted by molar-refractivity contribution is 5.76. The SMILES string of the molecule is Cc1nn(CC(=O)N2CCCC2CO)c(C)c1[N+](=O)[O-]. The minimum absolute atomic E-state index is 0.0307. The summed E-state index contributed by atoms with van der Waals surface area (Å²) in [7, 11) is 0. The van der Waals surface area contributed by atoms with Crippen molar-refractivity contribution < 1.29 is 14.8 Å². The molecule has 0 aliphatic carbocycles. The highest BCUT2D eigenvalue weighted by Crippen LogP contribution is 2.23. The fraction of sp³-hybridized carbons (Fsp3) is 0.667. The van der Waals surface area contributed by atoms with Crippen LogP contribution in [-0.4, -0.2) is 49.8 Å². The molecular formula is C12H18N4O4. The van der Waals surface area contributed by atoms with Gasteiger partial charge in [-0.05, 0) is 26.7 Å². The highest BCUT2D eigenvalue weighted by atomic mass is 16.6. The van der Waals surface area contributed by atoms with Gasteiger partial charge in [0.2, 0.25) is 5.91 Å². The molecule has 0 saturated carbocycles. The van der Waals surface area contributed by atoms with Crippen molar-refractivity contribution in [3.05, 3.63) is 21.5 Å². The van der Waals surface area contributed by atoms with Gasteiger partial charge in [0, 0.05) is 6.54 Å². The lowest BCUT2D eigenvalue weighted by molar-refractivity contribution is -0.386. The third-order valence-electron chi connectivity index (χ3n) is 3.72. The van der Waals surface area contributed by atoms with E-state index in [1.165, 1.54) is 4.68 Å². The Morgan fingerprint density at radius 3 is 2.80 bits per heavy atom. The van der Waals surface area contributed by atoms with Crippen LogP contribution in [0.1, 0.15) is 24.2 Å². The largest absolute Gasteiger partial charge is 0.394 e. The third-order valence-corrected chi connectivity index (χ3v) is 3.72. The van der Waals surface area contributed by atoms with Crippen LogP contribution >= 0.6 is 0 Å². The van der Waals surface area contributed by atoms with Gasteiger partial charge in [0.1, 0.15) is 17.9 Å². The Balaban J connectivity index is 2.16. The van der Waals surface area contributed by atoms with Crippen molar-refractivity contribution in [2.24, 2.45) is 0 Å². The Kier molecular flexibility index (Phi) is 4.03. The fourth-order valence-corrected chi connectivity index (χ4v) is 2.68. The average Bonchev–Trinajstić information content (AvgIpc) is 2.94. The maximum absolute atomic E-state index is 12.2. The lowest BCUT2D eigenvalue weighted by Crippen LogP contribution is -2.39. The van der Waals surface area contributed by atoms with Crippen LogP contribution in [0, 0.1) is 24.0 Å². The van der Waals surface area contributed by atoms with Gasteiger partial charge in [0.05, 0.1) is 17.6 Å². The van der Waals surface area contributed by atoms with Crippen LogP contribution < -0.4 is 0 Å². The first-order chi connectivity index (χ1) is 9.45. The van der Waals surface area contributed by atoms with Crippen LogP contribution in [-0.2, 0) is 11.3 Å². The smallest absolute Gasteiger partial charge is 0.312 e. The molecule has 1 aromatic rings. The van der Waals surface area contributed by atoms with Crippen LogP contribution in [0.25, 0.3) is 0 Å². The van der Waals surface area contributed by atoms with E-state index in [2.05, 4.69) is 5.10 Å². The van der Waals surface area contributed by atoms with E-state index in [0.717, 1.165) is 12.8 Å². The monoisotopic (exact) mass is 282 g/mol. The van der Waals surface area contributed by atoms with E-state index >= 15 is 0 Å². The molecule has 0 bridgehead atoms. The van der Waals surface area contributed by atoms with Gasteiger partial charge in [-0.2, -0.15) is 5.10 Å². The van der Waals surface area contributed by atoms with Gasteiger partial charge in [-0.15, -0.1) is 0 Å². The lowest BCUT2D eigenvalue weighted by Gasteiger charge is -2.23. The Morgan fingerprint density at radius 1 is 1.55 bits per heavy atom. The Labute approximate surface area is 116 Å². The zero-order valence-electron chi connectivity index (χ0n) is 11.6. The Hall–Kier alpha value is -1.96. The number of carbonyl (C=O) groups excluding carboxylic acids is 1. The highest BCUT2D eigenvalue weighted by Gasteiger charge is 2.30. The molecule has 1 fully saturated rings. The second-order valence-corrected chi connectivity index (χ2v) is 5.00. The van der Waals surface area contributed by atoms with Crippen LogP contribution in [0.5, 0.6) is 0 Å². The number of rotatable bonds is 4. The summed E-state index contributed by atoms with van der Waals surface area (Å²) in [5.74, 6) is -0.165. The molecule has 20 heavy (non-hydrogen) atoms. The van der Waals surface area contributed by atoms with Crippen molar-refractivity contribution in [1.82, 2.24) is 14.7 Å². The van der Waals surface area contributed by atoms with Crippen molar-refractivity contribution in [3.63, 3.8) is 0 Å². The summed E-state index contributed by atoms with van der Waals surface area (Å²) in [6, 6.07) is -0.144. The number of carbonyl (C=O) groups is 1. The Morgan fingerprint density at radius 2 is 2.25 bits per heavy atom. The lowest BCUT2D eigenvalue weighted by atomic mass is 10.2. The number of aliphatic hydroxyl groups is 1. The number of nitrogens with zero attached hydrogens (tertiary/aromatic N) is 4. The van der Waals surface area contributed by atoms with Crippen LogP contribution in [0.15, 0.2) is 0 Å². The molecule has 2 heterocycles. The first-order valence-corrected chi connectivity index (χ1v) is 6.54. The topological polar surface area (TPSA) is 102 Å². The number of aliphatic hydroxyl groups excluding tert-OH is 1. The van der Waals surface area contributed by atoms with Crippen molar-refractivity contribution in [2.45, 2.75) is 39.3 Å². The van der Waals surface area contributed by atoms with Crippen molar-refractivity contribution >= 4 is 11.6 Å². The molecule has 1 saturated heterocycles. The molecule has 2 rings (SSSR count). The van der Waals surface area contributed by atoms with Crippen molar-refractivity contribution in [1.29, 1.82) is 0 Å². The number of likely N-dealkylation sites (tertiary alicyclic amines) is 1. The number of nitro groups is 1. The first-order valence-electron chi connectivity index (χ1n) is 6.54. The van der Waals surface area contributed by atoms with Gasteiger partial charge in [-0.1, -0.05) is 0 Å². The molecule has 0 aromatic carbocycles. The molecule has 1 N–H and O–H groups in total. The third kappa shape index (κ3) is 2.51. The number of aromatic nitrogens is 2. The van der Waals surface area contributed by atoms with E-state index < -0.39 is 4.92 Å². The van der Waals surface area contributed by atoms with E-state index in [-0.39, 0.29) is 30.8 Å². The summed E-state index contributed by atoms with van der Waals surface area (Å²) >= 11 is 0. The molecule has 0 spiro atoms. The molecule has 1 unspecified atom stereocenters. The first kappa shape index (κ1) is 14.4. The predicted molar refractivity (Wildman–Crippen MR) is 70.2 cm³/mol. The van der Waals surface area contributed by atoms with Gasteiger partial charge < -0.3 is 10.0 Å². The quantitative estimate of drug-likeness (QED) is 0.636. The van der Waals surface area contributed by atoms with Crippen LogP contribution in [0.4, 0.5) is 5.69 Å². The molecule has 110 valence electrons. The second kappa shape index (κ2) is 5.58. The molecule has 8 heteroatoms. The van der Waals surface area contributed by atoms with Gasteiger partial charge in [0.15, 0.2) is 0 Å². The molecule has 1 amide bonds. The van der Waals surface area contributed by atoms with E-state index in [1.807, 2.05) is 0 Å². The summed E-state index contributed by atoms with van der Waals surface area (Å²) in [5, 5.41) is 24.2. The molecule has 1 atom stereocenters. The minimum atomic E-state index is -0.481. The number of amides is 1. The molecule has 8 nitrogen and oxygen atoms in total. The number of hydrogen-bond donors (Lipinski definition) is 1. The normalized spacial score (nSPS) is 18.6. The number of aryl methyl sites for hydroxylation is 1. The van der Waals surface area contributed by atoms with Gasteiger partial charge in [0.25, 0.3) is 0 Å². The summed E-state index contributed by atoms with van der Waals surface area (Å²) in [5.41, 5.74) is 0.638. The summed E-state index contributed by atoms with van der Waals surface area (Å²) in [4.78, 5) is 24.3. The maximum Gasteiger partial charge on any atom is 0.312 e. The minimum Gasteiger partial charge on any atom is -0.394 e. The van der Waals surface area contributed by atoms with Crippen molar-refractivity contribution in [3.8, 4) is 0 Å². The Bertz CT molecular complexity index is 540. The van der Waals surface area contributed by atoms with Gasteiger partial charge in [-0.3, -0.25) is 19.6 Å². The van der Waals surface area contributed by atoms with Crippen molar-refractivity contribution in [2.75, 3.05) is 13.2 Å². The number of hydrogen-bond acceptors (Lipinski definition) is 5. The van der Waals surface area contributed by atoms with Gasteiger partial charge >= 0.3 is 5.69 Å². The molecule has 0 radical (unpaired) electrons. The molecule has 1 aromatic heterocycles.